The van der Waals surface area contributed by atoms with E-state index < -0.39 is 22.5 Å². The number of rotatable bonds is 11. The zero-order valence-corrected chi connectivity index (χ0v) is 30.8. The maximum atomic E-state index is 14.1. The minimum Gasteiger partial charge on any atom is -0.493 e. The van der Waals surface area contributed by atoms with Gasteiger partial charge in [0, 0.05) is 21.7 Å². The molecule has 2 heterocycles. The van der Waals surface area contributed by atoms with Crippen LogP contribution in [0.2, 0.25) is 10.0 Å². The number of esters is 1. The summed E-state index contributed by atoms with van der Waals surface area (Å²) in [5.41, 5.74) is 1.31. The lowest BCUT2D eigenvalue weighted by atomic mass is 9.95. The van der Waals surface area contributed by atoms with Gasteiger partial charge in [-0.25, -0.2) is 9.79 Å². The summed E-state index contributed by atoms with van der Waals surface area (Å²) < 4.78 is 24.6. The largest absolute Gasteiger partial charge is 0.493 e. The maximum absolute atomic E-state index is 14.1. The highest BCUT2D eigenvalue weighted by atomic mass is 79.9. The van der Waals surface area contributed by atoms with Gasteiger partial charge in [0.1, 0.15) is 6.61 Å². The topological polar surface area (TPSA) is 131 Å². The minimum absolute atomic E-state index is 0.0110. The van der Waals surface area contributed by atoms with E-state index in [0.717, 1.165) is 11.3 Å². The van der Waals surface area contributed by atoms with Crippen LogP contribution >= 0.6 is 50.5 Å². The number of ether oxygens (including phenoxy) is 4. The Hall–Kier alpha value is -4.17. The number of carbonyl (C=O) groups excluding carboxylic acids is 1. The van der Waals surface area contributed by atoms with Crippen LogP contribution in [-0.2, 0) is 16.1 Å². The molecule has 5 rings (SSSR count). The maximum Gasteiger partial charge on any atom is 0.338 e. The normalized spacial score (nSPS) is 14.4. The van der Waals surface area contributed by atoms with Crippen molar-refractivity contribution in [2.75, 3.05) is 13.7 Å². The predicted molar refractivity (Wildman–Crippen MR) is 191 cm³/mol. The molecule has 0 saturated heterocycles. The Bertz CT molecular complexity index is 2180. The van der Waals surface area contributed by atoms with E-state index in [1.54, 1.807) is 56.3 Å². The Morgan fingerprint density at radius 2 is 1.92 bits per heavy atom. The monoisotopic (exact) mass is 789 g/mol. The quantitative estimate of drug-likeness (QED) is 0.0890. The molecular formula is C34H30BrCl2N3O8S. The SMILES string of the molecule is CCOC(=O)C1=C(C)N=c2s/c(=C/c3cc(Br)c(OCc4ccc(Cl)cc4Cl)c([N+](=O)[O-])c3)c(=O)n2[C@@H]1c1ccc(OC(C)C)c(OC)c1. The van der Waals surface area contributed by atoms with Crippen molar-refractivity contribution < 1.29 is 28.7 Å². The van der Waals surface area contributed by atoms with Gasteiger partial charge in [-0.05, 0) is 91.2 Å². The molecule has 256 valence electrons. The predicted octanol–water partition coefficient (Wildman–Crippen LogP) is 7.15. The molecule has 0 bridgehead atoms. The van der Waals surface area contributed by atoms with Crippen molar-refractivity contribution in [3.63, 3.8) is 0 Å². The van der Waals surface area contributed by atoms with Crippen LogP contribution in [0.25, 0.3) is 6.08 Å². The van der Waals surface area contributed by atoms with Crippen LogP contribution in [0.4, 0.5) is 5.69 Å². The van der Waals surface area contributed by atoms with Gasteiger partial charge >= 0.3 is 11.7 Å². The minimum atomic E-state index is -0.906. The number of nitro benzene ring substituents is 1. The molecule has 1 aliphatic rings. The van der Waals surface area contributed by atoms with Crippen molar-refractivity contribution in [2.24, 2.45) is 4.99 Å². The summed E-state index contributed by atoms with van der Waals surface area (Å²) in [5.74, 6) is 0.301. The summed E-state index contributed by atoms with van der Waals surface area (Å²) in [6.45, 7) is 7.23. The number of carbonyl (C=O) groups is 1. The van der Waals surface area contributed by atoms with Gasteiger partial charge in [-0.15, -0.1) is 0 Å². The number of nitrogens with zero attached hydrogens (tertiary/aromatic N) is 3. The number of nitro groups is 1. The van der Waals surface area contributed by atoms with Crippen LogP contribution in [0.1, 0.15) is 50.4 Å². The second kappa shape index (κ2) is 15.2. The standard InChI is InChI=1S/C34H30BrCl2N3O8S/c1-6-46-33(42)29-18(4)38-34-39(30(29)20-8-10-26(48-17(2)3)27(14-20)45-5)32(41)28(49-34)13-19-11-23(35)31(25(12-19)40(43)44)47-16-21-7-9-22(36)15-24(21)37/h7-15,17,30H,6,16H2,1-5H3/b28-13+/t30-/m1/s1. The van der Waals surface area contributed by atoms with E-state index >= 15 is 0 Å². The number of thiazole rings is 1. The first kappa shape index (κ1) is 36.1. The first-order valence-electron chi connectivity index (χ1n) is 14.9. The van der Waals surface area contributed by atoms with Crippen LogP contribution < -0.4 is 29.1 Å². The van der Waals surface area contributed by atoms with E-state index in [2.05, 4.69) is 20.9 Å². The fourth-order valence-electron chi connectivity index (χ4n) is 5.21. The Balaban J connectivity index is 1.61. The van der Waals surface area contributed by atoms with Crippen LogP contribution in [0, 0.1) is 10.1 Å². The lowest BCUT2D eigenvalue weighted by molar-refractivity contribution is -0.386. The second-order valence-corrected chi connectivity index (χ2v) is 13.7. The number of methoxy groups -OCH3 is 1. The van der Waals surface area contributed by atoms with Gasteiger partial charge in [0.05, 0.1) is 51.1 Å². The highest BCUT2D eigenvalue weighted by Gasteiger charge is 2.34. The van der Waals surface area contributed by atoms with E-state index in [-0.39, 0.29) is 40.9 Å². The van der Waals surface area contributed by atoms with E-state index in [9.17, 15) is 19.7 Å². The summed E-state index contributed by atoms with van der Waals surface area (Å²) >= 11 is 16.7. The molecule has 49 heavy (non-hydrogen) atoms. The summed E-state index contributed by atoms with van der Waals surface area (Å²) in [4.78, 5) is 44.0. The molecule has 0 unspecified atom stereocenters. The van der Waals surface area contributed by atoms with Crippen molar-refractivity contribution in [2.45, 2.75) is 46.4 Å². The molecule has 0 saturated carbocycles. The average molecular weight is 792 g/mol. The number of aromatic nitrogens is 1. The van der Waals surface area contributed by atoms with Gasteiger partial charge in [-0.1, -0.05) is 46.7 Å². The molecule has 0 spiro atoms. The molecule has 0 radical (unpaired) electrons. The zero-order chi connectivity index (χ0) is 35.6. The molecule has 0 amide bonds. The summed E-state index contributed by atoms with van der Waals surface area (Å²) in [7, 11) is 1.51. The lowest BCUT2D eigenvalue weighted by Crippen LogP contribution is -2.40. The fourth-order valence-corrected chi connectivity index (χ4v) is 7.31. The second-order valence-electron chi connectivity index (χ2n) is 11.0. The van der Waals surface area contributed by atoms with Crippen molar-refractivity contribution in [3.05, 3.63) is 121 Å². The third-order valence-electron chi connectivity index (χ3n) is 7.31. The fraction of sp³-hybridized carbons (Fsp3) is 0.265. The van der Waals surface area contributed by atoms with Gasteiger partial charge < -0.3 is 18.9 Å². The molecular weight excluding hydrogens is 761 g/mol. The molecule has 1 atom stereocenters. The van der Waals surface area contributed by atoms with Crippen molar-refractivity contribution in [3.8, 4) is 17.2 Å². The van der Waals surface area contributed by atoms with Crippen molar-refractivity contribution in [1.29, 1.82) is 0 Å². The molecule has 3 aromatic carbocycles. The molecule has 15 heteroatoms. The number of hydrogen-bond acceptors (Lipinski definition) is 10. The average Bonchev–Trinajstić information content (AvgIpc) is 3.33. The molecule has 1 aliphatic heterocycles. The Kier molecular flexibility index (Phi) is 11.2. The zero-order valence-electron chi connectivity index (χ0n) is 26.9. The van der Waals surface area contributed by atoms with E-state index in [4.69, 9.17) is 42.1 Å². The Morgan fingerprint density at radius 1 is 1.16 bits per heavy atom. The third-order valence-corrected chi connectivity index (χ3v) is 9.47. The van der Waals surface area contributed by atoms with Crippen molar-refractivity contribution in [1.82, 2.24) is 4.57 Å². The third kappa shape index (κ3) is 7.70. The summed E-state index contributed by atoms with van der Waals surface area (Å²) in [6, 6.07) is 12.1. The van der Waals surface area contributed by atoms with Gasteiger partial charge in [0.15, 0.2) is 16.3 Å². The van der Waals surface area contributed by atoms with Gasteiger partial charge in [0.25, 0.3) is 5.56 Å². The van der Waals surface area contributed by atoms with Crippen LogP contribution in [-0.4, -0.2) is 35.3 Å². The number of benzene rings is 3. The molecule has 0 fully saturated rings. The molecule has 1 aromatic heterocycles. The van der Waals surface area contributed by atoms with Gasteiger partial charge in [-0.3, -0.25) is 19.5 Å². The van der Waals surface area contributed by atoms with E-state index in [0.29, 0.717) is 53.2 Å². The van der Waals surface area contributed by atoms with Crippen LogP contribution in [0.5, 0.6) is 17.2 Å². The summed E-state index contributed by atoms with van der Waals surface area (Å²) in [5, 5.41) is 13.0. The highest BCUT2D eigenvalue weighted by molar-refractivity contribution is 9.10. The van der Waals surface area contributed by atoms with Gasteiger partial charge in [0.2, 0.25) is 5.75 Å². The smallest absolute Gasteiger partial charge is 0.338 e. The molecule has 4 aromatic rings. The van der Waals surface area contributed by atoms with Crippen LogP contribution in [0.3, 0.4) is 0 Å². The molecule has 0 N–H and O–H groups in total. The van der Waals surface area contributed by atoms with Crippen molar-refractivity contribution >= 4 is 68.2 Å². The first-order chi connectivity index (χ1) is 23.3. The number of allylic oxidation sites excluding steroid dienone is 1. The molecule has 0 aliphatic carbocycles. The van der Waals surface area contributed by atoms with E-state index in [1.165, 1.54) is 23.8 Å². The number of halogens is 3. The number of hydrogen-bond donors (Lipinski definition) is 0. The van der Waals surface area contributed by atoms with E-state index in [1.807, 2.05) is 13.8 Å². The van der Waals surface area contributed by atoms with Crippen LogP contribution in [0.15, 0.2) is 74.1 Å². The highest BCUT2D eigenvalue weighted by Crippen LogP contribution is 2.39. The Labute approximate surface area is 303 Å². The first-order valence-corrected chi connectivity index (χ1v) is 17.3. The van der Waals surface area contributed by atoms with Gasteiger partial charge in [-0.2, -0.15) is 0 Å². The lowest BCUT2D eigenvalue weighted by Gasteiger charge is -2.25. The molecule has 11 nitrogen and oxygen atoms in total. The Morgan fingerprint density at radius 3 is 2.57 bits per heavy atom. The summed E-state index contributed by atoms with van der Waals surface area (Å²) in [6.07, 6.45) is 1.41. The number of fused-ring (bicyclic) bond motifs is 1.